The predicted octanol–water partition coefficient (Wildman–Crippen LogP) is 7.93. The summed E-state index contributed by atoms with van der Waals surface area (Å²) in [6, 6.07) is 7.09. The summed E-state index contributed by atoms with van der Waals surface area (Å²) < 4.78 is 24.1. The number of nitrogens with zero attached hydrogens (tertiary/aromatic N) is 1. The van der Waals surface area contributed by atoms with Crippen LogP contribution in [0.1, 0.15) is 106 Å². The lowest BCUT2D eigenvalue weighted by Gasteiger charge is -2.39. The van der Waals surface area contributed by atoms with Crippen molar-refractivity contribution in [1.29, 1.82) is 0 Å². The van der Waals surface area contributed by atoms with E-state index in [2.05, 4.69) is 18.7 Å². The highest BCUT2D eigenvalue weighted by Gasteiger charge is 2.56. The minimum Gasteiger partial charge on any atom is -0.457 e. The van der Waals surface area contributed by atoms with Crippen LogP contribution in [0.2, 0.25) is 23.2 Å². The zero-order valence-electron chi connectivity index (χ0n) is 38.3. The number of halogens is 1. The Bertz CT molecular complexity index is 1620. The maximum atomic E-state index is 13.8. The first-order valence-corrected chi connectivity index (χ1v) is 25.1. The Labute approximate surface area is 366 Å². The number of benzene rings is 1. The molecule has 60 heavy (non-hydrogen) atoms. The Morgan fingerprint density at radius 2 is 1.80 bits per heavy atom. The van der Waals surface area contributed by atoms with Gasteiger partial charge in [-0.2, -0.15) is 0 Å². The first-order valence-electron chi connectivity index (χ1n) is 21.7. The Morgan fingerprint density at radius 1 is 1.15 bits per heavy atom. The first-order chi connectivity index (χ1) is 27.9. The van der Waals surface area contributed by atoms with Crippen molar-refractivity contribution in [3.8, 4) is 0 Å². The average molecular weight is 879 g/mol. The van der Waals surface area contributed by atoms with E-state index in [0.717, 1.165) is 17.6 Å². The monoisotopic (exact) mass is 877 g/mol. The fourth-order valence-electron chi connectivity index (χ4n) is 8.55. The van der Waals surface area contributed by atoms with Crippen LogP contribution < -0.4 is 0 Å². The highest BCUT2D eigenvalue weighted by atomic mass is 35.5. The zero-order chi connectivity index (χ0) is 45.2. The molecule has 0 aliphatic carbocycles. The van der Waals surface area contributed by atoms with E-state index in [9.17, 15) is 29.7 Å². The smallest absolute Gasteiger partial charge is 0.306 e. The van der Waals surface area contributed by atoms with Crippen LogP contribution in [-0.4, -0.2) is 113 Å². The van der Waals surface area contributed by atoms with E-state index in [1.165, 1.54) is 6.92 Å². The highest BCUT2D eigenvalue weighted by molar-refractivity contribution is 6.72. The summed E-state index contributed by atoms with van der Waals surface area (Å²) in [4.78, 5) is 39.3. The molecule has 0 aromatic heterocycles. The fraction of sp³-hybridized carbons (Fsp3) is 0.702. The van der Waals surface area contributed by atoms with Gasteiger partial charge in [-0.15, -0.1) is 0 Å². The molecule has 0 bridgehead atoms. The minimum atomic E-state index is -2.64. The fourth-order valence-corrected chi connectivity index (χ4v) is 9.46. The Balaban J connectivity index is 2.04. The molecule has 8 unspecified atom stereocenters. The van der Waals surface area contributed by atoms with Crippen LogP contribution in [-0.2, 0) is 35.1 Å². The van der Waals surface area contributed by atoms with E-state index in [1.807, 2.05) is 71.1 Å². The molecular formula is C47H76ClNO10Si. The molecule has 13 heteroatoms. The van der Waals surface area contributed by atoms with E-state index in [1.54, 1.807) is 45.3 Å². The number of carbonyl (C=O) groups is 2. The van der Waals surface area contributed by atoms with Crippen molar-refractivity contribution in [1.82, 2.24) is 4.90 Å². The lowest BCUT2D eigenvalue weighted by molar-refractivity contribution is -0.156. The summed E-state index contributed by atoms with van der Waals surface area (Å²) in [5.41, 5.74) is -1.11. The number of cyclic esters (lactones) is 1. The summed E-state index contributed by atoms with van der Waals surface area (Å²) in [5, 5.41) is 34.2. The molecule has 2 aliphatic heterocycles. The van der Waals surface area contributed by atoms with E-state index in [0.29, 0.717) is 37.4 Å². The van der Waals surface area contributed by atoms with Crippen molar-refractivity contribution >= 4 is 31.9 Å². The number of aliphatic hydroxyl groups is 3. The van der Waals surface area contributed by atoms with Crippen LogP contribution in [0.3, 0.4) is 0 Å². The average Bonchev–Trinajstić information content (AvgIpc) is 3.93. The summed E-state index contributed by atoms with van der Waals surface area (Å²) >= 11 is 6.22. The molecule has 1 fully saturated rings. The standard InChI is InChI=1S/C47H76ClNO10Si/c1-13-38(56-10)33(4)42-43(59-42)44(49(26-15-27-50)30-35-18-20-37(48)21-19-35)47(9,54)24-14-16-31(2)41-32(3)17-22-39(57-34(5)51)46(8,53)25-23-36(28-40(52)58-41)29-45(6,7)60(11,12)55/h14,16-22,24,32-33,36,38-39,41-44,50,53-55H,13,15,23,25-30H2,1-12H3/b22-17+,24-14+,31-16+/t32?,33?,36?,38-,39-,41+,42?,43?,44?,46?,47?/m0/s1. The third-order valence-electron chi connectivity index (χ3n) is 13.0. The van der Waals surface area contributed by atoms with Crippen LogP contribution in [0, 0.1) is 17.8 Å². The van der Waals surface area contributed by atoms with Gasteiger partial charge in [0.05, 0.1) is 23.9 Å². The van der Waals surface area contributed by atoms with Crippen LogP contribution in [0.25, 0.3) is 0 Å². The normalized spacial score (nSPS) is 29.2. The molecule has 1 aromatic rings. The molecule has 1 saturated heterocycles. The number of allylic oxidation sites excluding steroid dienone is 2. The molecule has 0 amide bonds. The van der Waals surface area contributed by atoms with Gasteiger partial charge >= 0.3 is 11.9 Å². The van der Waals surface area contributed by atoms with Crippen molar-refractivity contribution in [3.05, 3.63) is 70.8 Å². The molecule has 11 atom stereocenters. The van der Waals surface area contributed by atoms with Crippen molar-refractivity contribution in [2.75, 3.05) is 20.3 Å². The molecule has 11 nitrogen and oxygen atoms in total. The van der Waals surface area contributed by atoms with Crippen LogP contribution in [0.15, 0.2) is 60.2 Å². The minimum absolute atomic E-state index is 0.0117. The number of carbonyl (C=O) groups excluding carboxylic acids is 2. The second-order valence-corrected chi connectivity index (χ2v) is 23.9. The second-order valence-electron chi connectivity index (χ2n) is 19.0. The van der Waals surface area contributed by atoms with Crippen molar-refractivity contribution in [2.45, 2.75) is 173 Å². The topological polar surface area (TPSA) is 159 Å². The van der Waals surface area contributed by atoms with E-state index < -0.39 is 48.8 Å². The molecule has 0 spiro atoms. The van der Waals surface area contributed by atoms with Crippen molar-refractivity contribution < 1.29 is 48.7 Å². The Hall–Kier alpha value is -2.39. The molecule has 2 heterocycles. The van der Waals surface area contributed by atoms with Gasteiger partial charge in [-0.3, -0.25) is 14.5 Å². The molecule has 1 aromatic carbocycles. The molecule has 340 valence electrons. The van der Waals surface area contributed by atoms with E-state index in [4.69, 9.17) is 30.5 Å². The van der Waals surface area contributed by atoms with Crippen LogP contribution in [0.5, 0.6) is 0 Å². The molecule has 3 rings (SSSR count). The van der Waals surface area contributed by atoms with Crippen molar-refractivity contribution in [2.24, 2.45) is 17.8 Å². The van der Waals surface area contributed by atoms with Gasteiger partial charge in [0.2, 0.25) is 0 Å². The predicted molar refractivity (Wildman–Crippen MR) is 240 cm³/mol. The van der Waals surface area contributed by atoms with Gasteiger partial charge in [0, 0.05) is 57.0 Å². The van der Waals surface area contributed by atoms with Crippen LogP contribution >= 0.6 is 11.6 Å². The molecule has 0 radical (unpaired) electrons. The van der Waals surface area contributed by atoms with Gasteiger partial charge in [0.15, 0.2) is 8.32 Å². The van der Waals surface area contributed by atoms with Crippen molar-refractivity contribution in [3.63, 3.8) is 0 Å². The number of hydrogen-bond acceptors (Lipinski definition) is 11. The number of hydrogen-bond donors (Lipinski definition) is 4. The SMILES string of the molecule is CC[C@H](OC)C(C)C1OC1C(N(CCCO)Cc1ccc(Cl)cc1)C(C)(O)/C=C/C=C(\C)[C@H]1OC(=O)CC(CC(C)(C)[Si](C)(C)O)CCC(C)(O)[C@@H](OC(C)=O)/C=C/C1C. The number of epoxide rings is 1. The molecular weight excluding hydrogens is 802 g/mol. The van der Waals surface area contributed by atoms with Gasteiger partial charge in [0.25, 0.3) is 0 Å². The maximum Gasteiger partial charge on any atom is 0.306 e. The number of aliphatic hydroxyl groups excluding tert-OH is 1. The second kappa shape index (κ2) is 22.3. The maximum absolute atomic E-state index is 13.8. The number of methoxy groups -OCH3 is 1. The van der Waals surface area contributed by atoms with Gasteiger partial charge in [0.1, 0.15) is 23.9 Å². The third-order valence-corrected chi connectivity index (χ3v) is 16.8. The lowest BCUT2D eigenvalue weighted by Crippen LogP contribution is -2.54. The van der Waals surface area contributed by atoms with Gasteiger partial charge < -0.3 is 39.1 Å². The summed E-state index contributed by atoms with van der Waals surface area (Å²) in [7, 11) is -0.929. The number of ether oxygens (including phenoxy) is 4. The summed E-state index contributed by atoms with van der Waals surface area (Å²) in [5.74, 6) is -1.42. The van der Waals surface area contributed by atoms with Crippen LogP contribution in [0.4, 0.5) is 0 Å². The number of esters is 2. The van der Waals surface area contributed by atoms with Gasteiger partial charge in [-0.1, -0.05) is 82.7 Å². The summed E-state index contributed by atoms with van der Waals surface area (Å²) in [6.07, 6.45) is 9.39. The molecule has 4 N–H and O–H groups in total. The molecule has 2 aliphatic rings. The quantitative estimate of drug-likeness (QED) is 0.0352. The first kappa shape index (κ1) is 52.0. The van der Waals surface area contributed by atoms with E-state index in [-0.39, 0.29) is 61.5 Å². The number of rotatable bonds is 19. The lowest BCUT2D eigenvalue weighted by atomic mass is 9.83. The van der Waals surface area contributed by atoms with Gasteiger partial charge in [-0.25, -0.2) is 0 Å². The zero-order valence-corrected chi connectivity index (χ0v) is 40.1. The Kier molecular flexibility index (Phi) is 19.3. The third kappa shape index (κ3) is 14.9. The molecule has 0 saturated carbocycles. The Morgan fingerprint density at radius 3 is 2.37 bits per heavy atom. The van der Waals surface area contributed by atoms with E-state index >= 15 is 0 Å². The van der Waals surface area contributed by atoms with Gasteiger partial charge in [-0.05, 0) is 106 Å². The summed E-state index contributed by atoms with van der Waals surface area (Å²) in [6.45, 7) is 21.5. The highest BCUT2D eigenvalue weighted by Crippen LogP contribution is 2.45. The largest absolute Gasteiger partial charge is 0.457 e.